The van der Waals surface area contributed by atoms with Crippen LogP contribution in [0.3, 0.4) is 0 Å². The smallest absolute Gasteiger partial charge is 0.290 e. The van der Waals surface area contributed by atoms with Gasteiger partial charge in [-0.3, -0.25) is 0 Å². The fourth-order valence-corrected chi connectivity index (χ4v) is 3.27. The molecule has 8 heteroatoms. The third kappa shape index (κ3) is 4.52. The number of halogens is 2. The average molecular weight is 438 g/mol. The first-order chi connectivity index (χ1) is 9.50. The molecule has 0 aliphatic carbocycles. The van der Waals surface area contributed by atoms with Crippen LogP contribution in [0.5, 0.6) is 11.8 Å². The minimum absolute atomic E-state index is 0.454. The number of nitrogens with zero attached hydrogens (tertiary/aromatic N) is 2. The molecule has 0 bridgehead atoms. The molecule has 0 amide bonds. The number of pyridine rings is 2. The standard InChI is InChI=1S/C12H11Br2N2O2PS/c1-2-19(20,17-11-5-3-9(13)7-15-11)18-12-6-4-10(14)8-16-12/h3-8H,2H2,1H3. The van der Waals surface area contributed by atoms with Crippen LogP contribution in [-0.4, -0.2) is 16.1 Å². The quantitative estimate of drug-likeness (QED) is 0.629. The van der Waals surface area contributed by atoms with Crippen LogP contribution >= 0.6 is 38.4 Å². The fraction of sp³-hybridized carbons (Fsp3) is 0.167. The Kier molecular flexibility index (Phi) is 5.55. The molecule has 20 heavy (non-hydrogen) atoms. The molecule has 0 fully saturated rings. The Bertz CT molecular complexity index is 571. The van der Waals surface area contributed by atoms with Gasteiger partial charge in [0.2, 0.25) is 11.8 Å². The zero-order valence-corrected chi connectivity index (χ0v) is 15.4. The van der Waals surface area contributed by atoms with Gasteiger partial charge in [0.15, 0.2) is 0 Å². The van der Waals surface area contributed by atoms with Gasteiger partial charge in [-0.15, -0.1) is 0 Å². The molecule has 2 aromatic heterocycles. The molecule has 0 saturated heterocycles. The van der Waals surface area contributed by atoms with Crippen molar-refractivity contribution < 1.29 is 9.05 Å². The summed E-state index contributed by atoms with van der Waals surface area (Å²) in [7, 11) is 0. The summed E-state index contributed by atoms with van der Waals surface area (Å²) >= 11 is 12.1. The Morgan fingerprint density at radius 3 is 1.75 bits per heavy atom. The van der Waals surface area contributed by atoms with E-state index in [1.807, 2.05) is 19.1 Å². The van der Waals surface area contributed by atoms with E-state index in [2.05, 4.69) is 41.8 Å². The summed E-state index contributed by atoms with van der Waals surface area (Å²) in [5.41, 5.74) is 0. The van der Waals surface area contributed by atoms with Gasteiger partial charge < -0.3 is 9.05 Å². The number of rotatable bonds is 5. The average Bonchev–Trinajstić information content (AvgIpc) is 2.44. The molecule has 0 aliphatic heterocycles. The molecular formula is C12H11Br2N2O2PS. The summed E-state index contributed by atoms with van der Waals surface area (Å²) in [6.07, 6.45) is 3.89. The van der Waals surface area contributed by atoms with Crippen molar-refractivity contribution in [2.24, 2.45) is 0 Å². The Labute approximate surface area is 139 Å². The van der Waals surface area contributed by atoms with Gasteiger partial charge in [0.05, 0.1) is 0 Å². The second-order valence-electron chi connectivity index (χ2n) is 3.74. The van der Waals surface area contributed by atoms with Crippen molar-refractivity contribution in [1.29, 1.82) is 0 Å². The molecule has 0 N–H and O–H groups in total. The van der Waals surface area contributed by atoms with E-state index in [4.69, 9.17) is 20.9 Å². The first-order valence-electron chi connectivity index (χ1n) is 5.72. The number of aromatic nitrogens is 2. The SMILES string of the molecule is CCP(=S)(Oc1ccc(Br)cn1)Oc1ccc(Br)cn1. The van der Waals surface area contributed by atoms with Gasteiger partial charge in [0, 0.05) is 39.6 Å². The van der Waals surface area contributed by atoms with Crippen LogP contribution in [-0.2, 0) is 11.8 Å². The van der Waals surface area contributed by atoms with Crippen LogP contribution in [0.4, 0.5) is 0 Å². The predicted molar refractivity (Wildman–Crippen MR) is 90.0 cm³/mol. The molecule has 106 valence electrons. The van der Waals surface area contributed by atoms with Crippen molar-refractivity contribution in [1.82, 2.24) is 9.97 Å². The highest BCUT2D eigenvalue weighted by atomic mass is 79.9. The Balaban J connectivity index is 2.14. The van der Waals surface area contributed by atoms with Gasteiger partial charge in [-0.05, 0) is 55.8 Å². The summed E-state index contributed by atoms with van der Waals surface area (Å²) in [4.78, 5) is 8.30. The molecule has 0 unspecified atom stereocenters. The highest BCUT2D eigenvalue weighted by molar-refractivity contribution is 9.10. The highest BCUT2D eigenvalue weighted by Crippen LogP contribution is 2.47. The Hall–Kier alpha value is -0.490. The summed E-state index contributed by atoms with van der Waals surface area (Å²) < 4.78 is 13.3. The monoisotopic (exact) mass is 436 g/mol. The van der Waals surface area contributed by atoms with Crippen LogP contribution in [0.1, 0.15) is 6.92 Å². The van der Waals surface area contributed by atoms with Crippen LogP contribution < -0.4 is 9.05 Å². The van der Waals surface area contributed by atoms with E-state index in [0.29, 0.717) is 17.9 Å². The minimum atomic E-state index is -2.50. The van der Waals surface area contributed by atoms with Crippen LogP contribution in [0, 0.1) is 0 Å². The lowest BCUT2D eigenvalue weighted by atomic mass is 10.5. The lowest BCUT2D eigenvalue weighted by Gasteiger charge is -2.21. The summed E-state index contributed by atoms with van der Waals surface area (Å²) in [6, 6.07) is 7.18. The van der Waals surface area contributed by atoms with E-state index in [0.717, 1.165) is 8.95 Å². The van der Waals surface area contributed by atoms with Crippen molar-refractivity contribution in [3.8, 4) is 11.8 Å². The van der Waals surface area contributed by atoms with E-state index in [1.54, 1.807) is 24.5 Å². The molecule has 2 heterocycles. The second kappa shape index (κ2) is 6.98. The molecular weight excluding hydrogens is 427 g/mol. The third-order valence-corrected chi connectivity index (χ3v) is 6.12. The Morgan fingerprint density at radius 2 is 1.45 bits per heavy atom. The normalized spacial score (nSPS) is 11.2. The molecule has 2 aromatic rings. The fourth-order valence-electron chi connectivity index (χ4n) is 1.27. The predicted octanol–water partition coefficient (Wildman–Crippen LogP) is 4.79. The maximum atomic E-state index is 5.76. The van der Waals surface area contributed by atoms with Crippen molar-refractivity contribution in [3.63, 3.8) is 0 Å². The largest absolute Gasteiger partial charge is 0.417 e. The first kappa shape index (κ1) is 15.9. The first-order valence-corrected chi connectivity index (χ1v) is 10.1. The number of hydrogen-bond acceptors (Lipinski definition) is 5. The number of hydrogen-bond donors (Lipinski definition) is 0. The molecule has 0 aliphatic rings. The molecule has 0 aromatic carbocycles. The van der Waals surface area contributed by atoms with Crippen molar-refractivity contribution in [2.45, 2.75) is 6.92 Å². The summed E-state index contributed by atoms with van der Waals surface area (Å²) in [5, 5.41) is 0. The summed E-state index contributed by atoms with van der Waals surface area (Å²) in [6.45, 7) is -0.567. The molecule has 0 spiro atoms. The lowest BCUT2D eigenvalue weighted by molar-refractivity contribution is 0.466. The third-order valence-electron chi connectivity index (χ3n) is 2.25. The van der Waals surface area contributed by atoms with Crippen LogP contribution in [0.15, 0.2) is 45.6 Å². The van der Waals surface area contributed by atoms with E-state index in [9.17, 15) is 0 Å². The minimum Gasteiger partial charge on any atom is -0.417 e. The van der Waals surface area contributed by atoms with Gasteiger partial charge in [0.1, 0.15) is 0 Å². The molecule has 2 rings (SSSR count). The summed E-state index contributed by atoms with van der Waals surface area (Å²) in [5.74, 6) is 0.908. The van der Waals surface area contributed by atoms with Gasteiger partial charge in [-0.2, -0.15) is 0 Å². The maximum absolute atomic E-state index is 5.76. The van der Waals surface area contributed by atoms with E-state index in [-0.39, 0.29) is 0 Å². The van der Waals surface area contributed by atoms with Gasteiger partial charge >= 0.3 is 0 Å². The van der Waals surface area contributed by atoms with Crippen molar-refractivity contribution >= 4 is 50.2 Å². The lowest BCUT2D eigenvalue weighted by Crippen LogP contribution is -2.04. The Morgan fingerprint density at radius 1 is 1.00 bits per heavy atom. The maximum Gasteiger partial charge on any atom is 0.290 e. The van der Waals surface area contributed by atoms with Gasteiger partial charge in [0.25, 0.3) is 6.49 Å². The highest BCUT2D eigenvalue weighted by Gasteiger charge is 2.21. The second-order valence-corrected chi connectivity index (χ2v) is 9.46. The topological polar surface area (TPSA) is 44.2 Å². The van der Waals surface area contributed by atoms with Crippen LogP contribution in [0.25, 0.3) is 0 Å². The molecule has 0 radical (unpaired) electrons. The molecule has 4 nitrogen and oxygen atoms in total. The molecule has 0 atom stereocenters. The van der Waals surface area contributed by atoms with Gasteiger partial charge in [-0.25, -0.2) is 9.97 Å². The van der Waals surface area contributed by atoms with Crippen molar-refractivity contribution in [2.75, 3.05) is 6.16 Å². The van der Waals surface area contributed by atoms with E-state index < -0.39 is 6.49 Å². The van der Waals surface area contributed by atoms with Crippen LogP contribution in [0.2, 0.25) is 0 Å². The van der Waals surface area contributed by atoms with E-state index in [1.165, 1.54) is 0 Å². The zero-order valence-electron chi connectivity index (χ0n) is 10.5. The molecule has 0 saturated carbocycles. The van der Waals surface area contributed by atoms with Crippen molar-refractivity contribution in [3.05, 3.63) is 45.6 Å². The zero-order chi connectivity index (χ0) is 14.6. The van der Waals surface area contributed by atoms with Gasteiger partial charge in [-0.1, -0.05) is 6.92 Å². The van der Waals surface area contributed by atoms with E-state index >= 15 is 0 Å².